The van der Waals surface area contributed by atoms with Crippen LogP contribution in [0.1, 0.15) is 56.8 Å². The summed E-state index contributed by atoms with van der Waals surface area (Å²) in [5, 5.41) is 3.21. The predicted molar refractivity (Wildman–Crippen MR) is 93.0 cm³/mol. The molecule has 2 aromatic rings. The van der Waals surface area contributed by atoms with Crippen LogP contribution < -0.4 is 5.32 Å². The SMILES string of the molecule is O=C(NC1CCCCC1)N1CCC(c2nc3ccccc3o2)CC1. The van der Waals surface area contributed by atoms with Crippen molar-refractivity contribution in [3.8, 4) is 0 Å². The van der Waals surface area contributed by atoms with Gasteiger partial charge in [-0.15, -0.1) is 0 Å². The first-order valence-corrected chi connectivity index (χ1v) is 9.20. The number of hydrogen-bond acceptors (Lipinski definition) is 3. The van der Waals surface area contributed by atoms with Crippen LogP contribution in [0.2, 0.25) is 0 Å². The van der Waals surface area contributed by atoms with Crippen LogP contribution in [0, 0.1) is 0 Å². The maximum Gasteiger partial charge on any atom is 0.317 e. The number of fused-ring (bicyclic) bond motifs is 1. The van der Waals surface area contributed by atoms with Gasteiger partial charge in [0.25, 0.3) is 0 Å². The zero-order valence-corrected chi connectivity index (χ0v) is 14.0. The molecule has 1 aliphatic heterocycles. The number of benzene rings is 1. The van der Waals surface area contributed by atoms with Gasteiger partial charge in [0.1, 0.15) is 5.52 Å². The average molecular weight is 327 g/mol. The number of urea groups is 1. The Morgan fingerprint density at radius 3 is 2.58 bits per heavy atom. The van der Waals surface area contributed by atoms with Crippen molar-refractivity contribution in [2.24, 2.45) is 0 Å². The minimum Gasteiger partial charge on any atom is -0.440 e. The van der Waals surface area contributed by atoms with Gasteiger partial charge >= 0.3 is 6.03 Å². The Kier molecular flexibility index (Phi) is 4.41. The first-order valence-electron chi connectivity index (χ1n) is 9.20. The van der Waals surface area contributed by atoms with Gasteiger partial charge in [-0.3, -0.25) is 0 Å². The number of aromatic nitrogens is 1. The fourth-order valence-electron chi connectivity index (χ4n) is 3.91. The van der Waals surface area contributed by atoms with Gasteiger partial charge < -0.3 is 14.6 Å². The van der Waals surface area contributed by atoms with E-state index in [4.69, 9.17) is 4.42 Å². The molecular weight excluding hydrogens is 302 g/mol. The highest BCUT2D eigenvalue weighted by Gasteiger charge is 2.28. The number of nitrogens with one attached hydrogen (secondary N) is 1. The molecule has 0 atom stereocenters. The lowest BCUT2D eigenvalue weighted by Crippen LogP contribution is -2.48. The first kappa shape index (κ1) is 15.5. The number of hydrogen-bond donors (Lipinski definition) is 1. The highest BCUT2D eigenvalue weighted by molar-refractivity contribution is 5.74. The van der Waals surface area contributed by atoms with Gasteiger partial charge in [-0.2, -0.15) is 0 Å². The molecule has 5 heteroatoms. The monoisotopic (exact) mass is 327 g/mol. The molecule has 5 nitrogen and oxygen atoms in total. The molecule has 1 saturated carbocycles. The van der Waals surface area contributed by atoms with Crippen molar-refractivity contribution in [2.75, 3.05) is 13.1 Å². The number of carbonyl (C=O) groups is 1. The Labute approximate surface area is 142 Å². The first-order chi connectivity index (χ1) is 11.8. The highest BCUT2D eigenvalue weighted by Crippen LogP contribution is 2.30. The van der Waals surface area contributed by atoms with Crippen molar-refractivity contribution in [3.05, 3.63) is 30.2 Å². The summed E-state index contributed by atoms with van der Waals surface area (Å²) in [6, 6.07) is 8.37. The van der Waals surface area contributed by atoms with Crippen molar-refractivity contribution in [3.63, 3.8) is 0 Å². The Morgan fingerprint density at radius 1 is 1.08 bits per heavy atom. The second-order valence-electron chi connectivity index (χ2n) is 7.07. The molecule has 0 bridgehead atoms. The largest absolute Gasteiger partial charge is 0.440 e. The van der Waals surface area contributed by atoms with Gasteiger partial charge in [-0.1, -0.05) is 31.4 Å². The maximum atomic E-state index is 12.4. The molecule has 1 aromatic carbocycles. The van der Waals surface area contributed by atoms with Crippen LogP contribution in [0.5, 0.6) is 0 Å². The van der Waals surface area contributed by atoms with Crippen molar-refractivity contribution < 1.29 is 9.21 Å². The molecule has 1 aliphatic carbocycles. The minimum absolute atomic E-state index is 0.109. The Morgan fingerprint density at radius 2 is 1.83 bits per heavy atom. The van der Waals surface area contributed by atoms with Crippen LogP contribution in [0.4, 0.5) is 4.79 Å². The molecule has 24 heavy (non-hydrogen) atoms. The highest BCUT2D eigenvalue weighted by atomic mass is 16.3. The minimum atomic E-state index is 0.109. The number of rotatable bonds is 2. The van der Waals surface area contributed by atoms with Gasteiger partial charge in [-0.25, -0.2) is 9.78 Å². The molecule has 0 unspecified atom stereocenters. The standard InChI is InChI=1S/C19H25N3O2/c23-19(20-15-6-2-1-3-7-15)22-12-10-14(11-13-22)18-21-16-8-4-5-9-17(16)24-18/h4-5,8-9,14-15H,1-3,6-7,10-13H2,(H,20,23). The molecule has 128 valence electrons. The summed E-state index contributed by atoms with van der Waals surface area (Å²) in [7, 11) is 0. The lowest BCUT2D eigenvalue weighted by molar-refractivity contribution is 0.171. The van der Waals surface area contributed by atoms with E-state index in [0.29, 0.717) is 12.0 Å². The van der Waals surface area contributed by atoms with Crippen LogP contribution in [0.3, 0.4) is 0 Å². The molecule has 0 radical (unpaired) electrons. The zero-order chi connectivity index (χ0) is 16.4. The van der Waals surface area contributed by atoms with Crippen LogP contribution in [0.15, 0.2) is 28.7 Å². The van der Waals surface area contributed by atoms with E-state index in [1.807, 2.05) is 29.2 Å². The van der Waals surface area contributed by atoms with E-state index >= 15 is 0 Å². The summed E-state index contributed by atoms with van der Waals surface area (Å²) in [5.41, 5.74) is 1.77. The summed E-state index contributed by atoms with van der Waals surface area (Å²) >= 11 is 0. The molecule has 2 fully saturated rings. The summed E-state index contributed by atoms with van der Waals surface area (Å²) in [4.78, 5) is 19.0. The summed E-state index contributed by atoms with van der Waals surface area (Å²) in [6.07, 6.45) is 7.89. The number of carbonyl (C=O) groups excluding carboxylic acids is 1. The average Bonchev–Trinajstić information content (AvgIpc) is 3.07. The molecular formula is C19H25N3O2. The topological polar surface area (TPSA) is 58.4 Å². The number of piperidine rings is 1. The zero-order valence-electron chi connectivity index (χ0n) is 14.0. The van der Waals surface area contributed by atoms with E-state index in [0.717, 1.165) is 55.8 Å². The van der Waals surface area contributed by atoms with Crippen LogP contribution in [-0.4, -0.2) is 35.0 Å². The predicted octanol–water partition coefficient (Wildman–Crippen LogP) is 4.05. The fraction of sp³-hybridized carbons (Fsp3) is 0.579. The van der Waals surface area contributed by atoms with E-state index in [1.165, 1.54) is 19.3 Å². The lowest BCUT2D eigenvalue weighted by Gasteiger charge is -2.33. The summed E-state index contributed by atoms with van der Waals surface area (Å²) in [6.45, 7) is 1.56. The number of likely N-dealkylation sites (tertiary alicyclic amines) is 1. The normalized spacial score (nSPS) is 20.4. The van der Waals surface area contributed by atoms with Gasteiger partial charge in [0.05, 0.1) is 0 Å². The summed E-state index contributed by atoms with van der Waals surface area (Å²) in [5.74, 6) is 1.14. The van der Waals surface area contributed by atoms with Crippen LogP contribution >= 0.6 is 0 Å². The molecule has 2 amide bonds. The molecule has 1 aromatic heterocycles. The second kappa shape index (κ2) is 6.83. The molecule has 4 rings (SSSR count). The van der Waals surface area contributed by atoms with Gasteiger partial charge in [-0.05, 0) is 37.8 Å². The molecule has 1 saturated heterocycles. The van der Waals surface area contributed by atoms with Gasteiger partial charge in [0.2, 0.25) is 0 Å². The molecule has 2 heterocycles. The number of amides is 2. The fourth-order valence-corrected chi connectivity index (χ4v) is 3.91. The molecule has 2 aliphatic rings. The van der Waals surface area contributed by atoms with Crippen molar-refractivity contribution >= 4 is 17.1 Å². The van der Waals surface area contributed by atoms with Gasteiger partial charge in [0, 0.05) is 25.0 Å². The van der Waals surface area contributed by atoms with E-state index in [2.05, 4.69) is 10.3 Å². The number of para-hydroxylation sites is 2. The van der Waals surface area contributed by atoms with E-state index in [9.17, 15) is 4.79 Å². The van der Waals surface area contributed by atoms with Crippen molar-refractivity contribution in [2.45, 2.75) is 56.9 Å². The maximum absolute atomic E-state index is 12.4. The second-order valence-corrected chi connectivity index (χ2v) is 7.07. The Hall–Kier alpha value is -2.04. The molecule has 1 N–H and O–H groups in total. The lowest BCUT2D eigenvalue weighted by atomic mass is 9.95. The molecule has 0 spiro atoms. The van der Waals surface area contributed by atoms with E-state index in [1.54, 1.807) is 0 Å². The van der Waals surface area contributed by atoms with Crippen LogP contribution in [-0.2, 0) is 0 Å². The van der Waals surface area contributed by atoms with Crippen LogP contribution in [0.25, 0.3) is 11.1 Å². The number of nitrogens with zero attached hydrogens (tertiary/aromatic N) is 2. The quantitative estimate of drug-likeness (QED) is 0.905. The third kappa shape index (κ3) is 3.25. The smallest absolute Gasteiger partial charge is 0.317 e. The van der Waals surface area contributed by atoms with E-state index in [-0.39, 0.29) is 6.03 Å². The third-order valence-electron chi connectivity index (χ3n) is 5.37. The summed E-state index contributed by atoms with van der Waals surface area (Å²) < 4.78 is 5.89. The number of oxazole rings is 1. The van der Waals surface area contributed by atoms with Gasteiger partial charge in [0.15, 0.2) is 11.5 Å². The Bertz CT molecular complexity index is 664. The van der Waals surface area contributed by atoms with E-state index < -0.39 is 0 Å². The van der Waals surface area contributed by atoms with Crippen molar-refractivity contribution in [1.82, 2.24) is 15.2 Å². The third-order valence-corrected chi connectivity index (χ3v) is 5.37. The van der Waals surface area contributed by atoms with Crippen molar-refractivity contribution in [1.29, 1.82) is 0 Å². The Balaban J connectivity index is 1.33.